The maximum Gasteiger partial charge on any atom is 0.325 e. The summed E-state index contributed by atoms with van der Waals surface area (Å²) in [5.41, 5.74) is 6.93. The van der Waals surface area contributed by atoms with Crippen molar-refractivity contribution in [3.05, 3.63) is 0 Å². The third-order valence-corrected chi connectivity index (χ3v) is 2.98. The first-order chi connectivity index (χ1) is 9.29. The molecule has 1 aliphatic heterocycles. The Morgan fingerprint density at radius 1 is 1.35 bits per heavy atom. The third kappa shape index (κ3) is 3.23. The predicted molar refractivity (Wildman–Crippen MR) is 66.1 cm³/mol. The van der Waals surface area contributed by atoms with E-state index in [1.807, 2.05) is 0 Å². The molecule has 0 aromatic heterocycles. The Labute approximate surface area is 115 Å². The van der Waals surface area contributed by atoms with Gasteiger partial charge in [-0.25, -0.2) is 4.79 Å². The lowest BCUT2D eigenvalue weighted by Crippen LogP contribution is -2.61. The van der Waals surface area contributed by atoms with Crippen LogP contribution in [-0.2, 0) is 14.4 Å². The zero-order valence-corrected chi connectivity index (χ0v) is 11.3. The number of nitrogens with one attached hydrogen (secondary N) is 2. The van der Waals surface area contributed by atoms with Crippen LogP contribution < -0.4 is 11.1 Å². The summed E-state index contributed by atoms with van der Waals surface area (Å²) in [4.78, 5) is 48.1. The molecule has 1 fully saturated rings. The number of piperazine rings is 1. The molecule has 2 atom stereocenters. The number of urea groups is 1. The molecule has 0 aromatic carbocycles. The van der Waals surface area contributed by atoms with Crippen LogP contribution in [0.25, 0.3) is 0 Å². The minimum atomic E-state index is -1.44. The standard InChI is InChI=1S/C11H17N4O5/c1-3-14-4-5-15(10(19)9(14)18)11(20)13-7(6(2)16)8(12)17/h6-7,12,16H,3-5H2,1-2H3,(H,13,20). The van der Waals surface area contributed by atoms with E-state index in [0.717, 1.165) is 0 Å². The number of aliphatic hydroxyl groups excluding tert-OH is 1. The number of hydrogen-bond donors (Lipinski definition) is 2. The number of imide groups is 1. The molecule has 0 bridgehead atoms. The minimum absolute atomic E-state index is 0.00294. The summed E-state index contributed by atoms with van der Waals surface area (Å²) in [6, 6.07) is -2.40. The Morgan fingerprint density at radius 3 is 2.40 bits per heavy atom. The lowest BCUT2D eigenvalue weighted by molar-refractivity contribution is -0.153. The Morgan fingerprint density at radius 2 is 1.95 bits per heavy atom. The highest BCUT2D eigenvalue weighted by Crippen LogP contribution is 2.06. The largest absolute Gasteiger partial charge is 0.391 e. The maximum atomic E-state index is 11.8. The third-order valence-electron chi connectivity index (χ3n) is 2.98. The van der Waals surface area contributed by atoms with E-state index < -0.39 is 35.9 Å². The van der Waals surface area contributed by atoms with Gasteiger partial charge in [-0.15, -0.1) is 0 Å². The van der Waals surface area contributed by atoms with Crippen molar-refractivity contribution in [2.24, 2.45) is 0 Å². The van der Waals surface area contributed by atoms with E-state index >= 15 is 0 Å². The molecule has 0 aliphatic carbocycles. The van der Waals surface area contributed by atoms with Gasteiger partial charge >= 0.3 is 17.8 Å². The molecular formula is C11H17N4O5. The van der Waals surface area contributed by atoms with Crippen LogP contribution in [0.4, 0.5) is 4.79 Å². The van der Waals surface area contributed by atoms with Gasteiger partial charge in [-0.05, 0) is 13.8 Å². The van der Waals surface area contributed by atoms with E-state index in [1.54, 1.807) is 6.92 Å². The first-order valence-corrected chi connectivity index (χ1v) is 6.14. The number of carbonyl (C=O) groups is 4. The summed E-state index contributed by atoms with van der Waals surface area (Å²) in [6.07, 6.45) is -1.27. The molecule has 1 saturated heterocycles. The van der Waals surface area contributed by atoms with Crippen LogP contribution in [0.5, 0.6) is 0 Å². The summed E-state index contributed by atoms with van der Waals surface area (Å²) in [5, 5.41) is 11.4. The second-order valence-electron chi connectivity index (χ2n) is 4.37. The van der Waals surface area contributed by atoms with Crippen molar-refractivity contribution in [2.75, 3.05) is 19.6 Å². The molecule has 3 N–H and O–H groups in total. The molecule has 9 heteroatoms. The van der Waals surface area contributed by atoms with E-state index in [0.29, 0.717) is 11.4 Å². The van der Waals surface area contributed by atoms with E-state index in [4.69, 9.17) is 5.73 Å². The molecule has 2 unspecified atom stereocenters. The van der Waals surface area contributed by atoms with Crippen LogP contribution in [0.1, 0.15) is 13.8 Å². The smallest absolute Gasteiger partial charge is 0.325 e. The lowest BCUT2D eigenvalue weighted by Gasteiger charge is -2.32. The Bertz CT molecular complexity index is 437. The second-order valence-corrected chi connectivity index (χ2v) is 4.37. The number of hydrogen-bond acceptors (Lipinski definition) is 5. The van der Waals surface area contributed by atoms with Crippen molar-refractivity contribution in [1.29, 1.82) is 0 Å². The number of nitrogens with zero attached hydrogens (tertiary/aromatic N) is 2. The molecule has 1 aliphatic rings. The van der Waals surface area contributed by atoms with Crippen LogP contribution in [0.15, 0.2) is 0 Å². The number of aliphatic hydroxyl groups is 1. The predicted octanol–water partition coefficient (Wildman–Crippen LogP) is -2.05. The second kappa shape index (κ2) is 6.33. The van der Waals surface area contributed by atoms with Crippen LogP contribution in [0, 0.1) is 0 Å². The highest BCUT2D eigenvalue weighted by molar-refractivity contribution is 6.38. The summed E-state index contributed by atoms with van der Waals surface area (Å²) in [7, 11) is 0. The average molecular weight is 285 g/mol. The van der Waals surface area contributed by atoms with Gasteiger partial charge in [0.05, 0.1) is 6.10 Å². The van der Waals surface area contributed by atoms with Gasteiger partial charge in [0.15, 0.2) is 0 Å². The van der Waals surface area contributed by atoms with Crippen molar-refractivity contribution in [3.8, 4) is 0 Å². The van der Waals surface area contributed by atoms with Crippen molar-refractivity contribution in [3.63, 3.8) is 0 Å². The van der Waals surface area contributed by atoms with Gasteiger partial charge in [-0.2, -0.15) is 0 Å². The molecular weight excluding hydrogens is 268 g/mol. The van der Waals surface area contributed by atoms with E-state index in [9.17, 15) is 24.3 Å². The van der Waals surface area contributed by atoms with E-state index in [-0.39, 0.29) is 13.1 Å². The SMILES string of the molecule is CCN1CCN(C(=O)NC(C([NH])=O)C(C)O)C(=O)C1=O. The van der Waals surface area contributed by atoms with Gasteiger partial charge in [-0.3, -0.25) is 25.0 Å². The fourth-order valence-electron chi connectivity index (χ4n) is 1.79. The fraction of sp³-hybridized carbons (Fsp3) is 0.636. The maximum absolute atomic E-state index is 11.8. The summed E-state index contributed by atoms with van der Waals surface area (Å²) in [6.45, 7) is 3.52. The van der Waals surface area contributed by atoms with Gasteiger partial charge in [0.1, 0.15) is 6.04 Å². The summed E-state index contributed by atoms with van der Waals surface area (Å²) >= 11 is 0. The molecule has 0 spiro atoms. The number of carbonyl (C=O) groups excluding carboxylic acids is 4. The van der Waals surface area contributed by atoms with Crippen LogP contribution in [0.3, 0.4) is 0 Å². The topological polar surface area (TPSA) is 131 Å². The van der Waals surface area contributed by atoms with Crippen LogP contribution in [0.2, 0.25) is 0 Å². The monoisotopic (exact) mass is 285 g/mol. The molecule has 1 heterocycles. The first kappa shape index (κ1) is 15.9. The van der Waals surface area contributed by atoms with Gasteiger partial charge in [0, 0.05) is 19.6 Å². The van der Waals surface area contributed by atoms with E-state index in [2.05, 4.69) is 5.32 Å². The molecule has 0 saturated carbocycles. The lowest BCUT2D eigenvalue weighted by atomic mass is 10.2. The van der Waals surface area contributed by atoms with Gasteiger partial charge in [0.25, 0.3) is 5.91 Å². The Hall–Kier alpha value is -2.16. The van der Waals surface area contributed by atoms with Gasteiger partial charge in [0.2, 0.25) is 0 Å². The highest BCUT2D eigenvalue weighted by Gasteiger charge is 2.37. The molecule has 1 radical (unpaired) electrons. The Balaban J connectivity index is 2.76. The number of likely N-dealkylation sites (N-methyl/N-ethyl adjacent to an activating group) is 1. The van der Waals surface area contributed by atoms with Gasteiger partial charge < -0.3 is 15.3 Å². The van der Waals surface area contributed by atoms with E-state index in [1.165, 1.54) is 11.8 Å². The Kier molecular flexibility index (Phi) is 5.03. The fourth-order valence-corrected chi connectivity index (χ4v) is 1.79. The van der Waals surface area contributed by atoms with Crippen molar-refractivity contribution in [2.45, 2.75) is 26.0 Å². The highest BCUT2D eigenvalue weighted by atomic mass is 16.3. The average Bonchev–Trinajstić information content (AvgIpc) is 2.38. The zero-order valence-electron chi connectivity index (χ0n) is 11.3. The zero-order chi connectivity index (χ0) is 15.4. The molecule has 9 nitrogen and oxygen atoms in total. The molecule has 0 aromatic rings. The van der Waals surface area contributed by atoms with Crippen LogP contribution >= 0.6 is 0 Å². The molecule has 5 amide bonds. The van der Waals surface area contributed by atoms with Crippen molar-refractivity contribution >= 4 is 23.8 Å². The summed E-state index contributed by atoms with van der Waals surface area (Å²) in [5.74, 6) is -2.96. The molecule has 111 valence electrons. The van der Waals surface area contributed by atoms with Crippen molar-refractivity contribution in [1.82, 2.24) is 20.9 Å². The molecule has 20 heavy (non-hydrogen) atoms. The number of rotatable bonds is 4. The van der Waals surface area contributed by atoms with Crippen LogP contribution in [-0.4, -0.2) is 70.4 Å². The molecule has 1 rings (SSSR count). The number of amides is 5. The van der Waals surface area contributed by atoms with Crippen molar-refractivity contribution < 1.29 is 24.3 Å². The summed E-state index contributed by atoms with van der Waals surface area (Å²) < 4.78 is 0. The first-order valence-electron chi connectivity index (χ1n) is 6.14. The normalized spacial score (nSPS) is 18.8. The quantitative estimate of drug-likeness (QED) is 0.574. The minimum Gasteiger partial charge on any atom is -0.391 e. The van der Waals surface area contributed by atoms with Gasteiger partial charge in [-0.1, -0.05) is 0 Å².